The molecule has 6 atom stereocenters. The summed E-state index contributed by atoms with van der Waals surface area (Å²) in [6.45, 7) is 14.7. The molecule has 1 aromatic carbocycles. The van der Waals surface area contributed by atoms with Crippen LogP contribution in [0.1, 0.15) is 40.0 Å². The van der Waals surface area contributed by atoms with Gasteiger partial charge in [0.25, 0.3) is 5.91 Å². The number of fused-ring (bicyclic) bond motifs is 1. The largest absolute Gasteiger partial charge is 0.497 e. The van der Waals surface area contributed by atoms with E-state index in [0.717, 1.165) is 12.8 Å². The van der Waals surface area contributed by atoms with Gasteiger partial charge in [-0.3, -0.25) is 14.4 Å². The van der Waals surface area contributed by atoms with Crippen LogP contribution >= 0.6 is 11.8 Å². The fourth-order valence-corrected chi connectivity index (χ4v) is 9.11. The lowest BCUT2D eigenvalue weighted by atomic mass is 9.70. The van der Waals surface area contributed by atoms with E-state index in [9.17, 15) is 19.5 Å². The van der Waals surface area contributed by atoms with Gasteiger partial charge in [-0.2, -0.15) is 0 Å². The first-order valence-electron chi connectivity index (χ1n) is 14.3. The molecule has 1 spiro atoms. The van der Waals surface area contributed by atoms with E-state index in [1.807, 2.05) is 32.9 Å². The Morgan fingerprint density at radius 3 is 2.42 bits per heavy atom. The molecule has 3 fully saturated rings. The zero-order valence-electron chi connectivity index (χ0n) is 24.1. The monoisotopic (exact) mass is 569 g/mol. The number of anilines is 1. The number of ether oxygens (including phenoxy) is 1. The number of benzene rings is 1. The van der Waals surface area contributed by atoms with Crippen molar-refractivity contribution in [2.45, 2.75) is 62.1 Å². The lowest BCUT2D eigenvalue weighted by Crippen LogP contribution is -2.58. The third kappa shape index (κ3) is 4.96. The number of carbonyl (C=O) groups is 3. The molecule has 3 saturated heterocycles. The molecule has 2 unspecified atom stereocenters. The van der Waals surface area contributed by atoms with Crippen molar-refractivity contribution in [3.8, 4) is 5.75 Å². The number of aliphatic hydroxyl groups excluding tert-OH is 1. The molecule has 3 amide bonds. The van der Waals surface area contributed by atoms with Gasteiger partial charge in [0, 0.05) is 30.6 Å². The van der Waals surface area contributed by atoms with E-state index in [0.29, 0.717) is 30.9 Å². The first kappa shape index (κ1) is 30.2. The summed E-state index contributed by atoms with van der Waals surface area (Å²) in [5, 5.41) is 10.5. The molecule has 40 heavy (non-hydrogen) atoms. The summed E-state index contributed by atoms with van der Waals surface area (Å²) in [5.41, 5.74) is 0.674. The molecule has 0 radical (unpaired) electrons. The Balaban J connectivity index is 1.81. The standard InChI is InChI=1S/C31H43N3O5S/c1-7-16-32(17-8-2)28(36)25-24-14-15-31(40-24)26(25)29(37)34(23(19-35)20(4)5)27(31)30(38)33(18-9-3)21-10-12-22(39-6)13-11-21/h7,9-13,20,23-27,35H,1,3,8,14-19H2,2,4-6H3/t23-,24+,25-,26-,27?,31?/m0/s1. The van der Waals surface area contributed by atoms with Crippen molar-refractivity contribution in [2.24, 2.45) is 17.8 Å². The molecule has 3 heterocycles. The summed E-state index contributed by atoms with van der Waals surface area (Å²) in [4.78, 5) is 48.2. The maximum atomic E-state index is 14.7. The van der Waals surface area contributed by atoms with Crippen LogP contribution in [0.25, 0.3) is 0 Å². The Bertz CT molecular complexity index is 1120. The summed E-state index contributed by atoms with van der Waals surface area (Å²) in [7, 11) is 1.59. The second-order valence-electron chi connectivity index (χ2n) is 11.3. The number of thioether (sulfide) groups is 1. The lowest BCUT2D eigenvalue weighted by Gasteiger charge is -2.40. The minimum Gasteiger partial charge on any atom is -0.497 e. The number of hydrogen-bond donors (Lipinski definition) is 1. The van der Waals surface area contributed by atoms with E-state index in [-0.39, 0.29) is 42.0 Å². The van der Waals surface area contributed by atoms with E-state index in [1.54, 1.807) is 57.9 Å². The molecule has 9 heteroatoms. The molecule has 3 aliphatic heterocycles. The number of carbonyl (C=O) groups excluding carboxylic acids is 3. The van der Waals surface area contributed by atoms with Gasteiger partial charge < -0.3 is 24.5 Å². The molecule has 0 saturated carbocycles. The summed E-state index contributed by atoms with van der Waals surface area (Å²) in [6.07, 6.45) is 5.64. The molecule has 4 rings (SSSR count). The van der Waals surface area contributed by atoms with Gasteiger partial charge in [0.1, 0.15) is 11.8 Å². The van der Waals surface area contributed by atoms with Crippen LogP contribution in [0.4, 0.5) is 5.69 Å². The quantitative estimate of drug-likeness (QED) is 0.364. The topological polar surface area (TPSA) is 90.4 Å². The van der Waals surface area contributed by atoms with Crippen LogP contribution in [0.15, 0.2) is 49.6 Å². The highest BCUT2D eigenvalue weighted by molar-refractivity contribution is 8.02. The van der Waals surface area contributed by atoms with Crippen molar-refractivity contribution in [1.29, 1.82) is 0 Å². The first-order valence-corrected chi connectivity index (χ1v) is 15.1. The van der Waals surface area contributed by atoms with Crippen LogP contribution < -0.4 is 9.64 Å². The Labute approximate surface area is 242 Å². The summed E-state index contributed by atoms with van der Waals surface area (Å²) in [6, 6.07) is 5.90. The maximum Gasteiger partial charge on any atom is 0.251 e. The zero-order valence-corrected chi connectivity index (χ0v) is 24.9. The number of rotatable bonds is 13. The number of hydrogen-bond acceptors (Lipinski definition) is 6. The smallest absolute Gasteiger partial charge is 0.251 e. The molecular formula is C31H43N3O5S. The minimum atomic E-state index is -0.807. The predicted molar refractivity (Wildman–Crippen MR) is 159 cm³/mol. The van der Waals surface area contributed by atoms with E-state index in [4.69, 9.17) is 4.74 Å². The summed E-state index contributed by atoms with van der Waals surface area (Å²) in [5.74, 6) is -0.957. The van der Waals surface area contributed by atoms with Crippen LogP contribution in [0, 0.1) is 17.8 Å². The molecule has 218 valence electrons. The average molecular weight is 570 g/mol. The Kier molecular flexibility index (Phi) is 9.35. The highest BCUT2D eigenvalue weighted by Crippen LogP contribution is 2.67. The summed E-state index contributed by atoms with van der Waals surface area (Å²) < 4.78 is 4.57. The van der Waals surface area contributed by atoms with Crippen molar-refractivity contribution >= 4 is 35.2 Å². The Morgan fingerprint density at radius 2 is 1.88 bits per heavy atom. The van der Waals surface area contributed by atoms with Gasteiger partial charge in [-0.05, 0) is 49.4 Å². The minimum absolute atomic E-state index is 0.0245. The van der Waals surface area contributed by atoms with E-state index < -0.39 is 28.7 Å². The van der Waals surface area contributed by atoms with Crippen molar-refractivity contribution in [2.75, 3.05) is 38.3 Å². The first-order chi connectivity index (χ1) is 19.2. The number of methoxy groups -OCH3 is 1. The Morgan fingerprint density at radius 1 is 1.20 bits per heavy atom. The normalized spacial score (nSPS) is 27.4. The molecule has 2 bridgehead atoms. The van der Waals surface area contributed by atoms with Gasteiger partial charge in [-0.15, -0.1) is 24.9 Å². The third-order valence-corrected chi connectivity index (χ3v) is 10.6. The average Bonchev–Trinajstić information content (AvgIpc) is 3.59. The van der Waals surface area contributed by atoms with Gasteiger partial charge in [0.2, 0.25) is 11.8 Å². The van der Waals surface area contributed by atoms with Gasteiger partial charge >= 0.3 is 0 Å². The van der Waals surface area contributed by atoms with Crippen molar-refractivity contribution < 1.29 is 24.2 Å². The second-order valence-corrected chi connectivity index (χ2v) is 12.9. The van der Waals surface area contributed by atoms with Crippen LogP contribution in [-0.2, 0) is 14.4 Å². The molecule has 0 aliphatic carbocycles. The molecule has 0 aromatic heterocycles. The lowest BCUT2D eigenvalue weighted by molar-refractivity contribution is -0.146. The van der Waals surface area contributed by atoms with E-state index in [1.165, 1.54) is 0 Å². The molecule has 3 aliphatic rings. The van der Waals surface area contributed by atoms with Gasteiger partial charge in [0.15, 0.2) is 0 Å². The van der Waals surface area contributed by atoms with Crippen molar-refractivity contribution in [3.63, 3.8) is 0 Å². The molecule has 1 N–H and O–H groups in total. The zero-order chi connectivity index (χ0) is 29.2. The SMILES string of the molecule is C=CCN(CCC)C(=O)[C@@H]1[C@H]2C(=O)N([C@@H](CO)C(C)C)C(C(=O)N(CC=C)c3ccc(OC)cc3)C23CC[C@H]1S3. The van der Waals surface area contributed by atoms with Crippen LogP contribution in [-0.4, -0.2) is 88.1 Å². The van der Waals surface area contributed by atoms with E-state index in [2.05, 4.69) is 13.2 Å². The van der Waals surface area contributed by atoms with Crippen LogP contribution in [0.3, 0.4) is 0 Å². The fraction of sp³-hybridized carbons (Fsp3) is 0.581. The second kappa shape index (κ2) is 12.4. The number of aliphatic hydroxyl groups is 1. The van der Waals surface area contributed by atoms with Crippen LogP contribution in [0.2, 0.25) is 0 Å². The number of amides is 3. The van der Waals surface area contributed by atoms with E-state index >= 15 is 0 Å². The highest BCUT2D eigenvalue weighted by Gasteiger charge is 2.74. The molecule has 8 nitrogen and oxygen atoms in total. The van der Waals surface area contributed by atoms with Crippen LogP contribution in [0.5, 0.6) is 5.75 Å². The highest BCUT2D eigenvalue weighted by atomic mass is 32.2. The number of nitrogens with zero attached hydrogens (tertiary/aromatic N) is 3. The van der Waals surface area contributed by atoms with Gasteiger partial charge in [0.05, 0.1) is 36.3 Å². The number of likely N-dealkylation sites (tertiary alicyclic amines) is 1. The predicted octanol–water partition coefficient (Wildman–Crippen LogP) is 3.75. The molecular weight excluding hydrogens is 526 g/mol. The Hall–Kier alpha value is -2.78. The molecule has 1 aromatic rings. The summed E-state index contributed by atoms with van der Waals surface area (Å²) >= 11 is 1.65. The van der Waals surface area contributed by atoms with Gasteiger partial charge in [-0.1, -0.05) is 32.9 Å². The van der Waals surface area contributed by atoms with Gasteiger partial charge in [-0.25, -0.2) is 0 Å². The maximum absolute atomic E-state index is 14.7. The third-order valence-electron chi connectivity index (χ3n) is 8.69. The van der Waals surface area contributed by atoms with Crippen molar-refractivity contribution in [3.05, 3.63) is 49.6 Å². The van der Waals surface area contributed by atoms with Crippen molar-refractivity contribution in [1.82, 2.24) is 9.80 Å². The fourth-order valence-electron chi connectivity index (χ4n) is 6.92.